The largest absolute Gasteiger partial charge is 0.378 e. The summed E-state index contributed by atoms with van der Waals surface area (Å²) in [4.78, 5) is 16.8. The van der Waals surface area contributed by atoms with Gasteiger partial charge in [0.1, 0.15) is 0 Å². The van der Waals surface area contributed by atoms with E-state index in [0.29, 0.717) is 18.1 Å². The lowest BCUT2D eigenvalue weighted by Gasteiger charge is -2.54. The molecule has 0 aliphatic heterocycles. The molecule has 1 amide bonds. The maximum Gasteiger partial charge on any atom is 0.223 e. The molecule has 4 nitrogen and oxygen atoms in total. The molecule has 0 aromatic carbocycles. The van der Waals surface area contributed by atoms with Crippen LogP contribution in [0.25, 0.3) is 0 Å². The second-order valence-corrected chi connectivity index (χ2v) is 7.42. The molecule has 23 heavy (non-hydrogen) atoms. The number of rotatable bonds is 5. The molecule has 3 saturated carbocycles. The number of aromatic nitrogens is 1. The lowest BCUT2D eigenvalue weighted by Crippen LogP contribution is -2.64. The average Bonchev–Trinajstić information content (AvgIpc) is 3.21. The molecular formula is C19H26N2O2. The van der Waals surface area contributed by atoms with Crippen LogP contribution in [0.1, 0.15) is 56.9 Å². The van der Waals surface area contributed by atoms with Gasteiger partial charge in [-0.15, -0.1) is 0 Å². The van der Waals surface area contributed by atoms with Crippen LogP contribution in [0.5, 0.6) is 0 Å². The maximum absolute atomic E-state index is 12.6. The Morgan fingerprint density at radius 1 is 1.39 bits per heavy atom. The molecule has 3 aliphatic carbocycles. The van der Waals surface area contributed by atoms with Crippen molar-refractivity contribution in [1.29, 1.82) is 0 Å². The molecule has 0 saturated heterocycles. The van der Waals surface area contributed by atoms with Crippen molar-refractivity contribution in [1.82, 2.24) is 10.3 Å². The molecule has 1 aromatic heterocycles. The number of nitrogens with zero attached hydrogens (tertiary/aromatic N) is 1. The number of nitrogens with one attached hydrogen (secondary N) is 1. The van der Waals surface area contributed by atoms with E-state index in [9.17, 15) is 4.79 Å². The molecule has 1 N–H and O–H groups in total. The first-order valence-corrected chi connectivity index (χ1v) is 9.06. The Bertz CT molecular complexity index is 568. The van der Waals surface area contributed by atoms with E-state index < -0.39 is 0 Å². The third-order valence-corrected chi connectivity index (χ3v) is 6.24. The summed E-state index contributed by atoms with van der Waals surface area (Å²) in [5, 5.41) is 3.36. The Balaban J connectivity index is 1.37. The highest BCUT2D eigenvalue weighted by Gasteiger charge is 2.58. The Hall–Kier alpha value is -1.42. The summed E-state index contributed by atoms with van der Waals surface area (Å²) in [7, 11) is 0. The summed E-state index contributed by atoms with van der Waals surface area (Å²) in [5.41, 5.74) is 1.42. The van der Waals surface area contributed by atoms with Crippen molar-refractivity contribution < 1.29 is 9.53 Å². The molecule has 0 bridgehead atoms. The number of ether oxygens (including phenoxy) is 1. The van der Waals surface area contributed by atoms with E-state index in [1.54, 1.807) is 6.20 Å². The fourth-order valence-electron chi connectivity index (χ4n) is 4.82. The van der Waals surface area contributed by atoms with E-state index in [4.69, 9.17) is 4.74 Å². The van der Waals surface area contributed by atoms with Crippen LogP contribution >= 0.6 is 0 Å². The van der Waals surface area contributed by atoms with Gasteiger partial charge in [0.15, 0.2) is 0 Å². The normalized spacial score (nSPS) is 34.1. The van der Waals surface area contributed by atoms with Crippen LogP contribution in [-0.2, 0) is 9.53 Å². The fourth-order valence-corrected chi connectivity index (χ4v) is 4.82. The number of amides is 1. The molecule has 4 heteroatoms. The molecule has 0 radical (unpaired) electrons. The molecule has 1 heterocycles. The van der Waals surface area contributed by atoms with Gasteiger partial charge in [0.25, 0.3) is 0 Å². The molecular weight excluding hydrogens is 288 g/mol. The molecule has 1 spiro atoms. The van der Waals surface area contributed by atoms with Crippen molar-refractivity contribution in [3.05, 3.63) is 30.1 Å². The summed E-state index contributed by atoms with van der Waals surface area (Å²) < 4.78 is 5.93. The van der Waals surface area contributed by atoms with Gasteiger partial charge in [-0.05, 0) is 50.2 Å². The van der Waals surface area contributed by atoms with Gasteiger partial charge in [-0.2, -0.15) is 0 Å². The summed E-state index contributed by atoms with van der Waals surface area (Å²) in [6.45, 7) is 2.84. The molecule has 4 atom stereocenters. The third kappa shape index (κ3) is 2.57. The van der Waals surface area contributed by atoms with Crippen LogP contribution in [0, 0.1) is 11.3 Å². The van der Waals surface area contributed by atoms with Crippen molar-refractivity contribution in [2.45, 2.75) is 63.5 Å². The first-order valence-electron chi connectivity index (χ1n) is 9.06. The Labute approximate surface area is 138 Å². The van der Waals surface area contributed by atoms with E-state index in [2.05, 4.69) is 23.3 Å². The lowest BCUT2D eigenvalue weighted by atomic mass is 9.60. The van der Waals surface area contributed by atoms with E-state index in [1.165, 1.54) is 31.2 Å². The van der Waals surface area contributed by atoms with Crippen molar-refractivity contribution in [3.63, 3.8) is 0 Å². The average molecular weight is 314 g/mol. The number of hydrogen-bond acceptors (Lipinski definition) is 3. The summed E-state index contributed by atoms with van der Waals surface area (Å²) in [5.74, 6) is 0.750. The zero-order valence-corrected chi connectivity index (χ0v) is 13.8. The van der Waals surface area contributed by atoms with Gasteiger partial charge >= 0.3 is 0 Å². The van der Waals surface area contributed by atoms with Gasteiger partial charge in [0.2, 0.25) is 5.91 Å². The third-order valence-electron chi connectivity index (χ3n) is 6.24. The van der Waals surface area contributed by atoms with Gasteiger partial charge in [-0.3, -0.25) is 9.78 Å². The minimum Gasteiger partial charge on any atom is -0.378 e. The van der Waals surface area contributed by atoms with Gasteiger partial charge in [0, 0.05) is 36.4 Å². The fraction of sp³-hybridized carbons (Fsp3) is 0.684. The highest BCUT2D eigenvalue weighted by atomic mass is 16.5. The summed E-state index contributed by atoms with van der Waals surface area (Å²) in [6.07, 6.45) is 11.0. The topological polar surface area (TPSA) is 51.2 Å². The molecule has 3 aliphatic rings. The van der Waals surface area contributed by atoms with Crippen molar-refractivity contribution >= 4 is 5.91 Å². The molecule has 3 fully saturated rings. The zero-order valence-electron chi connectivity index (χ0n) is 13.8. The standard InChI is InChI=1S/C19H26N2O2/c1-2-23-17-11-16(19(17)7-3-4-8-19)21-18(22)15-10-14(15)13-6-5-9-20-12-13/h5-6,9,12,14-17H,2-4,7-8,10-11H2,1H3,(H,21,22)/t14-,15-,16+,17-/m1/s1. The number of hydrogen-bond donors (Lipinski definition) is 1. The van der Waals surface area contributed by atoms with E-state index >= 15 is 0 Å². The van der Waals surface area contributed by atoms with E-state index in [0.717, 1.165) is 19.4 Å². The van der Waals surface area contributed by atoms with Gasteiger partial charge in [-0.1, -0.05) is 18.9 Å². The van der Waals surface area contributed by atoms with Crippen LogP contribution in [0.15, 0.2) is 24.5 Å². The molecule has 4 rings (SSSR count). The molecule has 124 valence electrons. The van der Waals surface area contributed by atoms with Gasteiger partial charge in [0.05, 0.1) is 6.10 Å². The second kappa shape index (κ2) is 5.90. The number of carbonyl (C=O) groups excluding carboxylic acids is 1. The SMILES string of the molecule is CCO[C@@H]1C[C@H](NC(=O)[C@@H]2C[C@@H]2c2cccnc2)C12CCCC2. The van der Waals surface area contributed by atoms with Crippen LogP contribution in [0.3, 0.4) is 0 Å². The van der Waals surface area contributed by atoms with Crippen LogP contribution in [0.2, 0.25) is 0 Å². The minimum absolute atomic E-state index is 0.142. The van der Waals surface area contributed by atoms with Crippen LogP contribution < -0.4 is 5.32 Å². The quantitative estimate of drug-likeness (QED) is 0.909. The predicted octanol–water partition coefficient (Wildman–Crippen LogP) is 3.04. The number of carbonyl (C=O) groups is 1. The second-order valence-electron chi connectivity index (χ2n) is 7.42. The lowest BCUT2D eigenvalue weighted by molar-refractivity contribution is -0.144. The van der Waals surface area contributed by atoms with Gasteiger partial charge in [-0.25, -0.2) is 0 Å². The Morgan fingerprint density at radius 3 is 2.91 bits per heavy atom. The number of pyridine rings is 1. The van der Waals surface area contributed by atoms with Crippen LogP contribution in [-0.4, -0.2) is 29.6 Å². The van der Waals surface area contributed by atoms with Crippen molar-refractivity contribution in [3.8, 4) is 0 Å². The minimum atomic E-state index is 0.142. The van der Waals surface area contributed by atoms with E-state index in [-0.39, 0.29) is 17.2 Å². The van der Waals surface area contributed by atoms with E-state index in [1.807, 2.05) is 12.3 Å². The van der Waals surface area contributed by atoms with Crippen LogP contribution in [0.4, 0.5) is 0 Å². The predicted molar refractivity (Wildman–Crippen MR) is 87.9 cm³/mol. The maximum atomic E-state index is 12.6. The van der Waals surface area contributed by atoms with Crippen molar-refractivity contribution in [2.75, 3.05) is 6.61 Å². The Morgan fingerprint density at radius 2 is 2.22 bits per heavy atom. The zero-order chi connectivity index (χ0) is 15.9. The highest BCUT2D eigenvalue weighted by molar-refractivity contribution is 5.83. The molecule has 0 unspecified atom stereocenters. The smallest absolute Gasteiger partial charge is 0.223 e. The highest BCUT2D eigenvalue weighted by Crippen LogP contribution is 2.55. The van der Waals surface area contributed by atoms with Gasteiger partial charge < -0.3 is 10.1 Å². The summed E-state index contributed by atoms with van der Waals surface area (Å²) >= 11 is 0. The Kier molecular flexibility index (Phi) is 3.88. The first-order chi connectivity index (χ1) is 11.2. The molecule has 1 aromatic rings. The summed E-state index contributed by atoms with van der Waals surface area (Å²) in [6, 6.07) is 4.36. The van der Waals surface area contributed by atoms with Crippen molar-refractivity contribution in [2.24, 2.45) is 11.3 Å². The monoisotopic (exact) mass is 314 g/mol. The first kappa shape index (κ1) is 15.1.